The Morgan fingerprint density at radius 2 is 1.93 bits per heavy atom. The Balaban J connectivity index is 0.00000364. The Morgan fingerprint density at radius 3 is 2.56 bits per heavy atom. The van der Waals surface area contributed by atoms with Gasteiger partial charge in [0.05, 0.1) is 25.0 Å². The molecule has 0 aliphatic carbocycles. The van der Waals surface area contributed by atoms with Crippen LogP contribution in [0, 0.1) is 11.7 Å². The highest BCUT2D eigenvalue weighted by Crippen LogP contribution is 2.16. The van der Waals surface area contributed by atoms with Crippen LogP contribution >= 0.6 is 12.4 Å². The fraction of sp³-hybridized carbons (Fsp3) is 0.500. The lowest BCUT2D eigenvalue weighted by molar-refractivity contribution is -0.144. The molecule has 1 saturated heterocycles. The molecule has 0 bridgehead atoms. The number of carbonyl (C=O) groups excluding carboxylic acids is 2. The Morgan fingerprint density at radius 1 is 1.26 bits per heavy atom. The molecule has 1 heterocycles. The Bertz CT molecular complexity index is 657. The molecule has 1 aliphatic rings. The van der Waals surface area contributed by atoms with Crippen LogP contribution < -0.4 is 10.6 Å². The standard InChI is InChI=1S/C18H24FN3O4.ClH/c1-12(13-4-6-15(19)7-5-13)21-16(23)9-20-17(24)11-22-8-2-3-14(10-22)18(25)26;/h4-7,12,14H,2-3,8-11H2,1H3,(H,20,24)(H,21,23)(H,25,26);1H. The molecule has 0 saturated carbocycles. The largest absolute Gasteiger partial charge is 0.481 e. The van der Waals surface area contributed by atoms with E-state index in [1.807, 2.05) is 0 Å². The summed E-state index contributed by atoms with van der Waals surface area (Å²) in [6.07, 6.45) is 1.36. The van der Waals surface area contributed by atoms with Crippen molar-refractivity contribution in [2.24, 2.45) is 5.92 Å². The number of piperidine rings is 1. The number of nitrogens with zero attached hydrogens (tertiary/aromatic N) is 1. The predicted molar refractivity (Wildman–Crippen MR) is 100 cm³/mol. The fourth-order valence-electron chi connectivity index (χ4n) is 2.97. The topological polar surface area (TPSA) is 98.7 Å². The lowest BCUT2D eigenvalue weighted by Crippen LogP contribution is -2.46. The highest BCUT2D eigenvalue weighted by atomic mass is 35.5. The van der Waals surface area contributed by atoms with Gasteiger partial charge in [-0.05, 0) is 44.0 Å². The molecule has 2 amide bonds. The second kappa shape index (κ2) is 10.8. The lowest BCUT2D eigenvalue weighted by Gasteiger charge is -2.29. The molecule has 150 valence electrons. The van der Waals surface area contributed by atoms with Gasteiger partial charge in [-0.25, -0.2) is 4.39 Å². The number of likely N-dealkylation sites (tertiary alicyclic amines) is 1. The van der Waals surface area contributed by atoms with Gasteiger partial charge in [0.15, 0.2) is 0 Å². The van der Waals surface area contributed by atoms with Crippen LogP contribution in [0.1, 0.15) is 31.4 Å². The first kappa shape index (κ1) is 22.9. The third-order valence-corrected chi connectivity index (χ3v) is 4.42. The van der Waals surface area contributed by atoms with Crippen LogP contribution in [0.2, 0.25) is 0 Å². The van der Waals surface area contributed by atoms with Crippen LogP contribution in [0.3, 0.4) is 0 Å². The minimum absolute atomic E-state index is 0. The predicted octanol–water partition coefficient (Wildman–Crippen LogP) is 1.34. The van der Waals surface area contributed by atoms with Crippen LogP contribution in [0.5, 0.6) is 0 Å². The maximum atomic E-state index is 12.9. The maximum Gasteiger partial charge on any atom is 0.307 e. The number of benzene rings is 1. The number of halogens is 2. The number of carbonyl (C=O) groups is 3. The monoisotopic (exact) mass is 401 g/mol. The molecule has 9 heteroatoms. The highest BCUT2D eigenvalue weighted by molar-refractivity contribution is 5.86. The molecule has 3 N–H and O–H groups in total. The van der Waals surface area contributed by atoms with E-state index in [2.05, 4.69) is 10.6 Å². The normalized spacial score (nSPS) is 18.1. The smallest absolute Gasteiger partial charge is 0.307 e. The van der Waals surface area contributed by atoms with Gasteiger partial charge >= 0.3 is 5.97 Å². The third-order valence-electron chi connectivity index (χ3n) is 4.42. The van der Waals surface area contributed by atoms with Crippen LogP contribution in [0.25, 0.3) is 0 Å². The van der Waals surface area contributed by atoms with Crippen LogP contribution in [0.15, 0.2) is 24.3 Å². The van der Waals surface area contributed by atoms with E-state index in [1.54, 1.807) is 24.0 Å². The summed E-state index contributed by atoms with van der Waals surface area (Å²) in [6.45, 7) is 2.69. The average molecular weight is 402 g/mol. The average Bonchev–Trinajstić information content (AvgIpc) is 2.60. The van der Waals surface area contributed by atoms with E-state index in [-0.39, 0.29) is 49.2 Å². The van der Waals surface area contributed by atoms with Crippen molar-refractivity contribution in [1.29, 1.82) is 0 Å². The van der Waals surface area contributed by atoms with Crippen molar-refractivity contribution < 1.29 is 23.9 Å². The van der Waals surface area contributed by atoms with E-state index in [0.717, 1.165) is 12.0 Å². The van der Waals surface area contributed by atoms with Gasteiger partial charge in [0.2, 0.25) is 11.8 Å². The zero-order valence-corrected chi connectivity index (χ0v) is 15.9. The summed E-state index contributed by atoms with van der Waals surface area (Å²) >= 11 is 0. The van der Waals surface area contributed by atoms with Crippen molar-refractivity contribution in [3.05, 3.63) is 35.6 Å². The van der Waals surface area contributed by atoms with Crippen LogP contribution in [-0.4, -0.2) is 54.0 Å². The van der Waals surface area contributed by atoms with Gasteiger partial charge in [-0.2, -0.15) is 0 Å². The fourth-order valence-corrected chi connectivity index (χ4v) is 2.97. The van der Waals surface area contributed by atoms with E-state index >= 15 is 0 Å². The summed E-state index contributed by atoms with van der Waals surface area (Å²) in [4.78, 5) is 36.7. The molecule has 1 aromatic carbocycles. The van der Waals surface area contributed by atoms with Crippen molar-refractivity contribution in [2.45, 2.75) is 25.8 Å². The van der Waals surface area contributed by atoms with Crippen LogP contribution in [0.4, 0.5) is 4.39 Å². The minimum atomic E-state index is -0.843. The van der Waals surface area contributed by atoms with Crippen molar-refractivity contribution in [1.82, 2.24) is 15.5 Å². The maximum absolute atomic E-state index is 12.9. The number of hydrogen-bond donors (Lipinski definition) is 3. The molecule has 0 spiro atoms. The first-order valence-corrected chi connectivity index (χ1v) is 8.62. The molecule has 27 heavy (non-hydrogen) atoms. The summed E-state index contributed by atoms with van der Waals surface area (Å²) in [6, 6.07) is 5.52. The Hall–Kier alpha value is -2.19. The third kappa shape index (κ3) is 7.52. The molecular formula is C18H25ClFN3O4. The number of carboxylic acids is 1. The molecule has 0 radical (unpaired) electrons. The molecule has 7 nitrogen and oxygen atoms in total. The van der Waals surface area contributed by atoms with E-state index < -0.39 is 11.9 Å². The van der Waals surface area contributed by atoms with Crippen molar-refractivity contribution in [3.8, 4) is 0 Å². The Labute approximate surface area is 163 Å². The molecule has 2 rings (SSSR count). The molecule has 1 aromatic rings. The minimum Gasteiger partial charge on any atom is -0.481 e. The zero-order chi connectivity index (χ0) is 19.1. The molecule has 1 fully saturated rings. The number of nitrogens with one attached hydrogen (secondary N) is 2. The van der Waals surface area contributed by atoms with E-state index in [0.29, 0.717) is 19.5 Å². The summed E-state index contributed by atoms with van der Waals surface area (Å²) in [5.74, 6) is -2.30. The number of rotatable bonds is 7. The first-order chi connectivity index (χ1) is 12.3. The summed E-state index contributed by atoms with van der Waals surface area (Å²) < 4.78 is 12.9. The second-order valence-electron chi connectivity index (χ2n) is 6.53. The Kier molecular flexibility index (Phi) is 9.17. The summed E-state index contributed by atoms with van der Waals surface area (Å²) in [5.41, 5.74) is 0.763. The zero-order valence-electron chi connectivity index (χ0n) is 15.1. The molecular weight excluding hydrogens is 377 g/mol. The number of aliphatic carboxylic acids is 1. The quantitative estimate of drug-likeness (QED) is 0.640. The van der Waals surface area contributed by atoms with Gasteiger partial charge < -0.3 is 15.7 Å². The van der Waals surface area contributed by atoms with Crippen molar-refractivity contribution in [2.75, 3.05) is 26.2 Å². The molecule has 1 aliphatic heterocycles. The molecule has 2 unspecified atom stereocenters. The molecule has 2 atom stereocenters. The lowest BCUT2D eigenvalue weighted by atomic mass is 9.98. The summed E-state index contributed by atoms with van der Waals surface area (Å²) in [7, 11) is 0. The first-order valence-electron chi connectivity index (χ1n) is 8.62. The van der Waals surface area contributed by atoms with Crippen molar-refractivity contribution in [3.63, 3.8) is 0 Å². The van der Waals surface area contributed by atoms with Gasteiger partial charge in [0.1, 0.15) is 5.82 Å². The van der Waals surface area contributed by atoms with E-state index in [4.69, 9.17) is 5.11 Å². The van der Waals surface area contributed by atoms with Crippen molar-refractivity contribution >= 4 is 30.2 Å². The molecule has 0 aromatic heterocycles. The van der Waals surface area contributed by atoms with Crippen LogP contribution in [-0.2, 0) is 14.4 Å². The summed E-state index contributed by atoms with van der Waals surface area (Å²) in [5, 5.41) is 14.3. The van der Waals surface area contributed by atoms with Gasteiger partial charge in [-0.3, -0.25) is 19.3 Å². The number of carboxylic acid groups (broad SMARTS) is 1. The second-order valence-corrected chi connectivity index (χ2v) is 6.53. The van der Waals surface area contributed by atoms with E-state index in [1.165, 1.54) is 12.1 Å². The van der Waals surface area contributed by atoms with Gasteiger partial charge in [0, 0.05) is 6.54 Å². The number of amides is 2. The number of hydrogen-bond acceptors (Lipinski definition) is 4. The van der Waals surface area contributed by atoms with Gasteiger partial charge in [-0.15, -0.1) is 12.4 Å². The van der Waals surface area contributed by atoms with Gasteiger partial charge in [0.25, 0.3) is 0 Å². The highest BCUT2D eigenvalue weighted by Gasteiger charge is 2.26. The van der Waals surface area contributed by atoms with E-state index in [9.17, 15) is 18.8 Å². The van der Waals surface area contributed by atoms with Gasteiger partial charge in [-0.1, -0.05) is 12.1 Å². The SMILES string of the molecule is CC(NC(=O)CNC(=O)CN1CCCC(C(=O)O)C1)c1ccc(F)cc1.Cl.